The van der Waals surface area contributed by atoms with Crippen LogP contribution < -0.4 is 10.5 Å². The van der Waals surface area contributed by atoms with Crippen LogP contribution in [-0.2, 0) is 0 Å². The van der Waals surface area contributed by atoms with Gasteiger partial charge < -0.3 is 15.0 Å². The third kappa shape index (κ3) is 1.98. The number of anilines is 1. The molecule has 17 heavy (non-hydrogen) atoms. The number of methoxy groups -OCH3 is 1. The number of ether oxygens (including phenoxy) is 1. The average Bonchev–Trinajstić information content (AvgIpc) is 2.71. The van der Waals surface area contributed by atoms with Crippen LogP contribution in [0, 0.1) is 0 Å². The molecule has 0 radical (unpaired) electrons. The van der Waals surface area contributed by atoms with Crippen molar-refractivity contribution in [1.29, 1.82) is 0 Å². The molecule has 0 amide bonds. The topological polar surface area (TPSA) is 61.3 Å². The zero-order valence-electron chi connectivity index (χ0n) is 10.2. The number of para-hydroxylation sites is 1. The fraction of sp³-hybridized carbons (Fsp3) is 0.308. The van der Waals surface area contributed by atoms with E-state index in [9.17, 15) is 0 Å². The van der Waals surface area contributed by atoms with Gasteiger partial charge in [0.2, 0.25) is 5.88 Å². The van der Waals surface area contributed by atoms with E-state index < -0.39 is 0 Å². The van der Waals surface area contributed by atoms with E-state index in [4.69, 9.17) is 15.0 Å². The lowest BCUT2D eigenvalue weighted by molar-refractivity contribution is 0.414. The van der Waals surface area contributed by atoms with Crippen LogP contribution >= 0.6 is 0 Å². The highest BCUT2D eigenvalue weighted by Crippen LogP contribution is 2.37. The second-order valence-electron chi connectivity index (χ2n) is 4.16. The first-order chi connectivity index (χ1) is 8.15. The molecular formula is C13H16N2O2. The van der Waals surface area contributed by atoms with Crippen molar-refractivity contribution in [2.75, 3.05) is 12.8 Å². The van der Waals surface area contributed by atoms with Gasteiger partial charge in [0, 0.05) is 11.1 Å². The van der Waals surface area contributed by atoms with Crippen LogP contribution in [0.1, 0.15) is 25.3 Å². The third-order valence-corrected chi connectivity index (χ3v) is 2.70. The minimum Gasteiger partial charge on any atom is -0.496 e. The number of rotatable bonds is 3. The summed E-state index contributed by atoms with van der Waals surface area (Å²) >= 11 is 0. The van der Waals surface area contributed by atoms with Crippen LogP contribution in [0.5, 0.6) is 5.75 Å². The van der Waals surface area contributed by atoms with Gasteiger partial charge in [-0.3, -0.25) is 0 Å². The Bertz CT molecular complexity index is 518. The van der Waals surface area contributed by atoms with Crippen molar-refractivity contribution in [2.45, 2.75) is 19.8 Å². The Hall–Kier alpha value is -1.97. The molecule has 0 atom stereocenters. The Morgan fingerprint density at radius 2 is 2.00 bits per heavy atom. The minimum absolute atomic E-state index is 0.251. The van der Waals surface area contributed by atoms with E-state index in [1.54, 1.807) is 7.11 Å². The van der Waals surface area contributed by atoms with Crippen LogP contribution in [0.2, 0.25) is 0 Å². The third-order valence-electron chi connectivity index (χ3n) is 2.70. The van der Waals surface area contributed by atoms with Gasteiger partial charge in [0.05, 0.1) is 7.11 Å². The maximum atomic E-state index is 5.80. The fourth-order valence-electron chi connectivity index (χ4n) is 1.90. The molecule has 0 fully saturated rings. The summed E-state index contributed by atoms with van der Waals surface area (Å²) in [5.74, 6) is 1.39. The minimum atomic E-state index is 0.251. The zero-order chi connectivity index (χ0) is 12.4. The molecule has 0 saturated carbocycles. The molecule has 90 valence electrons. The van der Waals surface area contributed by atoms with Crippen molar-refractivity contribution in [3.63, 3.8) is 0 Å². The zero-order valence-corrected chi connectivity index (χ0v) is 10.2. The molecule has 0 unspecified atom stereocenters. The summed E-state index contributed by atoms with van der Waals surface area (Å²) in [5, 5.41) is 4.04. The van der Waals surface area contributed by atoms with Crippen LogP contribution in [0.15, 0.2) is 28.8 Å². The lowest BCUT2D eigenvalue weighted by Gasteiger charge is -2.09. The van der Waals surface area contributed by atoms with Gasteiger partial charge >= 0.3 is 0 Å². The van der Waals surface area contributed by atoms with E-state index in [2.05, 4.69) is 19.0 Å². The van der Waals surface area contributed by atoms with Crippen molar-refractivity contribution in [3.05, 3.63) is 29.8 Å². The Labute approximate surface area is 100 Å². The monoisotopic (exact) mass is 232 g/mol. The van der Waals surface area contributed by atoms with E-state index >= 15 is 0 Å². The molecule has 0 spiro atoms. The molecule has 1 aromatic heterocycles. The van der Waals surface area contributed by atoms with Crippen LogP contribution in [0.25, 0.3) is 11.3 Å². The largest absolute Gasteiger partial charge is 0.496 e. The SMILES string of the molecule is COc1ccccc1-c1noc(N)c1C(C)C. The standard InChI is InChI=1S/C13H16N2O2/c1-8(2)11-12(15-17-13(11)14)9-6-4-5-7-10(9)16-3/h4-8H,14H2,1-3H3. The van der Waals surface area contributed by atoms with Gasteiger partial charge in [-0.2, -0.15) is 0 Å². The van der Waals surface area contributed by atoms with E-state index in [-0.39, 0.29) is 5.92 Å². The highest BCUT2D eigenvalue weighted by Gasteiger charge is 2.20. The molecule has 2 rings (SSSR count). The fourth-order valence-corrected chi connectivity index (χ4v) is 1.90. The van der Waals surface area contributed by atoms with Crippen molar-refractivity contribution < 1.29 is 9.26 Å². The molecular weight excluding hydrogens is 216 g/mol. The smallest absolute Gasteiger partial charge is 0.226 e. The second kappa shape index (κ2) is 4.49. The highest BCUT2D eigenvalue weighted by molar-refractivity contribution is 5.73. The molecule has 0 aliphatic rings. The van der Waals surface area contributed by atoms with E-state index in [0.29, 0.717) is 5.88 Å². The van der Waals surface area contributed by atoms with E-state index in [1.165, 1.54) is 0 Å². The number of nitrogen functional groups attached to an aromatic ring is 1. The molecule has 2 aromatic rings. The normalized spacial score (nSPS) is 10.8. The Morgan fingerprint density at radius 1 is 1.29 bits per heavy atom. The summed E-state index contributed by atoms with van der Waals surface area (Å²) in [6.45, 7) is 4.11. The van der Waals surface area contributed by atoms with Gasteiger partial charge in [0.1, 0.15) is 11.4 Å². The van der Waals surface area contributed by atoms with Gasteiger partial charge in [0.15, 0.2) is 0 Å². The summed E-state index contributed by atoms with van der Waals surface area (Å²) in [5.41, 5.74) is 8.39. The molecule has 0 aliphatic heterocycles. The maximum Gasteiger partial charge on any atom is 0.226 e. The predicted octanol–water partition coefficient (Wildman–Crippen LogP) is 3.06. The number of nitrogens with zero attached hydrogens (tertiary/aromatic N) is 1. The summed E-state index contributed by atoms with van der Waals surface area (Å²) in [4.78, 5) is 0. The van der Waals surface area contributed by atoms with Gasteiger partial charge in [-0.25, -0.2) is 0 Å². The molecule has 0 bridgehead atoms. The Balaban J connectivity index is 2.60. The second-order valence-corrected chi connectivity index (χ2v) is 4.16. The van der Waals surface area contributed by atoms with E-state index in [1.807, 2.05) is 24.3 Å². The number of aromatic nitrogens is 1. The summed E-state index contributed by atoms with van der Waals surface area (Å²) < 4.78 is 10.4. The molecule has 2 N–H and O–H groups in total. The molecule has 1 heterocycles. The molecule has 0 saturated heterocycles. The van der Waals surface area contributed by atoms with Crippen LogP contribution in [0.3, 0.4) is 0 Å². The van der Waals surface area contributed by atoms with Crippen molar-refractivity contribution in [1.82, 2.24) is 5.16 Å². The quantitative estimate of drug-likeness (QED) is 0.883. The number of nitrogens with two attached hydrogens (primary N) is 1. The molecule has 4 heteroatoms. The molecule has 0 aliphatic carbocycles. The molecule has 1 aromatic carbocycles. The summed E-state index contributed by atoms with van der Waals surface area (Å²) in [7, 11) is 1.64. The van der Waals surface area contributed by atoms with Gasteiger partial charge in [0.25, 0.3) is 0 Å². The highest BCUT2D eigenvalue weighted by atomic mass is 16.5. The van der Waals surface area contributed by atoms with Crippen molar-refractivity contribution in [3.8, 4) is 17.0 Å². The number of hydrogen-bond acceptors (Lipinski definition) is 4. The Kier molecular flexibility index (Phi) is 3.04. The van der Waals surface area contributed by atoms with E-state index in [0.717, 1.165) is 22.6 Å². The predicted molar refractivity (Wildman–Crippen MR) is 67.0 cm³/mol. The lowest BCUT2D eigenvalue weighted by atomic mass is 9.98. The first-order valence-corrected chi connectivity index (χ1v) is 5.53. The average molecular weight is 232 g/mol. The molecule has 4 nitrogen and oxygen atoms in total. The van der Waals surface area contributed by atoms with Crippen molar-refractivity contribution >= 4 is 5.88 Å². The maximum absolute atomic E-state index is 5.80. The summed E-state index contributed by atoms with van der Waals surface area (Å²) in [6.07, 6.45) is 0. The summed E-state index contributed by atoms with van der Waals surface area (Å²) in [6, 6.07) is 7.69. The first-order valence-electron chi connectivity index (χ1n) is 5.53. The van der Waals surface area contributed by atoms with Crippen molar-refractivity contribution in [2.24, 2.45) is 0 Å². The van der Waals surface area contributed by atoms with Crippen LogP contribution in [0.4, 0.5) is 5.88 Å². The van der Waals surface area contributed by atoms with Gasteiger partial charge in [-0.1, -0.05) is 31.1 Å². The van der Waals surface area contributed by atoms with Crippen LogP contribution in [-0.4, -0.2) is 12.3 Å². The number of benzene rings is 1. The first kappa shape index (κ1) is 11.5. The lowest BCUT2D eigenvalue weighted by Crippen LogP contribution is -1.96. The Morgan fingerprint density at radius 3 is 2.65 bits per heavy atom. The van der Waals surface area contributed by atoms with Gasteiger partial charge in [-0.15, -0.1) is 0 Å². The van der Waals surface area contributed by atoms with Gasteiger partial charge in [-0.05, 0) is 18.1 Å². The number of hydrogen-bond donors (Lipinski definition) is 1.